The zero-order valence-corrected chi connectivity index (χ0v) is 19.0. The van der Waals surface area contributed by atoms with E-state index in [1.807, 2.05) is 47.4 Å². The molecule has 0 radical (unpaired) electrons. The third-order valence-electron chi connectivity index (χ3n) is 6.69. The highest BCUT2D eigenvalue weighted by atomic mass is 16.5. The predicted molar refractivity (Wildman–Crippen MR) is 135 cm³/mol. The van der Waals surface area contributed by atoms with Crippen molar-refractivity contribution in [3.8, 4) is 5.75 Å². The maximum Gasteiger partial charge on any atom is 0.227 e. The van der Waals surface area contributed by atoms with Crippen LogP contribution in [0, 0.1) is 0 Å². The number of nitrogens with zero attached hydrogens (tertiary/aromatic N) is 3. The molecule has 5 aromatic rings. The number of benzene rings is 4. The first-order valence-corrected chi connectivity index (χ1v) is 11.6. The molecule has 0 N–H and O–H groups in total. The van der Waals surface area contributed by atoms with Crippen molar-refractivity contribution in [2.75, 3.05) is 18.6 Å². The average molecular weight is 448 g/mol. The molecule has 1 amide bonds. The second-order valence-electron chi connectivity index (χ2n) is 8.83. The summed E-state index contributed by atoms with van der Waals surface area (Å²) in [5.74, 6) is 1.85. The number of hydrogen-bond acceptors (Lipinski definition) is 3. The second kappa shape index (κ2) is 8.34. The van der Waals surface area contributed by atoms with Crippen LogP contribution in [0.25, 0.3) is 21.8 Å². The zero-order chi connectivity index (χ0) is 23.1. The molecule has 1 saturated heterocycles. The van der Waals surface area contributed by atoms with E-state index >= 15 is 0 Å². The number of amides is 1. The van der Waals surface area contributed by atoms with E-state index < -0.39 is 0 Å². The third kappa shape index (κ3) is 3.59. The summed E-state index contributed by atoms with van der Waals surface area (Å²) in [5, 5.41) is 2.46. The number of fused-ring (bicyclic) bond motifs is 2. The van der Waals surface area contributed by atoms with Gasteiger partial charge in [-0.05, 0) is 46.7 Å². The number of carbonyl (C=O) groups excluding carboxylic acids is 1. The Morgan fingerprint density at radius 3 is 2.62 bits per heavy atom. The van der Waals surface area contributed by atoms with Gasteiger partial charge in [0.1, 0.15) is 11.6 Å². The number of hydrogen-bond donors (Lipinski definition) is 0. The van der Waals surface area contributed by atoms with Gasteiger partial charge in [-0.25, -0.2) is 4.98 Å². The fraction of sp³-hybridized carbons (Fsp3) is 0.172. The van der Waals surface area contributed by atoms with Gasteiger partial charge in [-0.1, -0.05) is 54.6 Å². The lowest BCUT2D eigenvalue weighted by Crippen LogP contribution is -2.24. The SMILES string of the molecule is COc1cccc(N2CC(c3nc4ccccc4n3Cc3ccc4ccccc4c3)CC2=O)c1. The molecule has 34 heavy (non-hydrogen) atoms. The van der Waals surface area contributed by atoms with Gasteiger partial charge >= 0.3 is 0 Å². The number of rotatable bonds is 5. The second-order valence-corrected chi connectivity index (χ2v) is 8.83. The molecular weight excluding hydrogens is 422 g/mol. The Hall–Kier alpha value is -4.12. The maximum absolute atomic E-state index is 13.0. The van der Waals surface area contributed by atoms with Crippen LogP contribution in [0.2, 0.25) is 0 Å². The minimum atomic E-state index is 0.0200. The molecule has 0 bridgehead atoms. The highest BCUT2D eigenvalue weighted by molar-refractivity contribution is 5.96. The molecule has 1 aliphatic heterocycles. The molecule has 4 aromatic carbocycles. The van der Waals surface area contributed by atoms with Crippen molar-refractivity contribution >= 4 is 33.4 Å². The summed E-state index contributed by atoms with van der Waals surface area (Å²) in [6.07, 6.45) is 0.443. The van der Waals surface area contributed by atoms with Crippen LogP contribution in [0.1, 0.15) is 23.7 Å². The Morgan fingerprint density at radius 1 is 0.912 bits per heavy atom. The van der Waals surface area contributed by atoms with Crippen molar-refractivity contribution in [1.29, 1.82) is 0 Å². The predicted octanol–water partition coefficient (Wildman–Crippen LogP) is 5.77. The van der Waals surface area contributed by atoms with E-state index in [-0.39, 0.29) is 11.8 Å². The smallest absolute Gasteiger partial charge is 0.227 e. The highest BCUT2D eigenvalue weighted by Gasteiger charge is 2.35. The van der Waals surface area contributed by atoms with Gasteiger partial charge in [0.05, 0.1) is 18.1 Å². The van der Waals surface area contributed by atoms with Crippen LogP contribution in [-0.4, -0.2) is 29.1 Å². The highest BCUT2D eigenvalue weighted by Crippen LogP contribution is 2.34. The molecule has 1 aromatic heterocycles. The molecule has 5 nitrogen and oxygen atoms in total. The van der Waals surface area contributed by atoms with Gasteiger partial charge in [-0.3, -0.25) is 4.79 Å². The van der Waals surface area contributed by atoms with Gasteiger partial charge in [0.25, 0.3) is 0 Å². The monoisotopic (exact) mass is 447 g/mol. The van der Waals surface area contributed by atoms with E-state index in [9.17, 15) is 4.79 Å². The summed E-state index contributed by atoms with van der Waals surface area (Å²) >= 11 is 0. The fourth-order valence-corrected chi connectivity index (χ4v) is 5.00. The fourth-order valence-electron chi connectivity index (χ4n) is 5.00. The lowest BCUT2D eigenvalue weighted by atomic mass is 10.1. The molecule has 1 fully saturated rings. The van der Waals surface area contributed by atoms with Gasteiger partial charge in [-0.15, -0.1) is 0 Å². The maximum atomic E-state index is 13.0. The standard InChI is InChI=1S/C29H25N3O2/c1-34-25-10-6-9-24(17-25)31-19-23(16-28(31)33)29-30-26-11-4-5-12-27(26)32(29)18-20-13-14-21-7-2-3-8-22(21)15-20/h2-15,17,23H,16,18-19H2,1H3. The minimum absolute atomic E-state index is 0.0200. The average Bonchev–Trinajstić information content (AvgIpc) is 3.44. The Kier molecular flexibility index (Phi) is 5.02. The molecule has 1 aliphatic rings. The van der Waals surface area contributed by atoms with Crippen molar-refractivity contribution in [1.82, 2.24) is 9.55 Å². The van der Waals surface area contributed by atoms with Crippen LogP contribution in [0.5, 0.6) is 5.75 Å². The molecule has 168 valence electrons. The van der Waals surface area contributed by atoms with Crippen LogP contribution in [0.3, 0.4) is 0 Å². The first-order valence-electron chi connectivity index (χ1n) is 11.6. The summed E-state index contributed by atoms with van der Waals surface area (Å²) < 4.78 is 7.65. The van der Waals surface area contributed by atoms with E-state index in [2.05, 4.69) is 53.1 Å². The number of para-hydroxylation sites is 2. The molecule has 0 saturated carbocycles. The lowest BCUT2D eigenvalue weighted by molar-refractivity contribution is -0.117. The molecule has 0 spiro atoms. The van der Waals surface area contributed by atoms with Gasteiger partial charge in [0.15, 0.2) is 0 Å². The van der Waals surface area contributed by atoms with Crippen LogP contribution >= 0.6 is 0 Å². The molecule has 0 aliphatic carbocycles. The Balaban J connectivity index is 1.38. The van der Waals surface area contributed by atoms with Crippen molar-refractivity contribution in [3.63, 3.8) is 0 Å². The Labute approximate surface area is 198 Å². The van der Waals surface area contributed by atoms with E-state index in [0.717, 1.165) is 28.3 Å². The number of ether oxygens (including phenoxy) is 1. The molecule has 1 unspecified atom stereocenters. The number of methoxy groups -OCH3 is 1. The van der Waals surface area contributed by atoms with Gasteiger partial charge in [-0.2, -0.15) is 0 Å². The summed E-state index contributed by atoms with van der Waals surface area (Å²) in [4.78, 5) is 19.9. The van der Waals surface area contributed by atoms with E-state index in [1.54, 1.807) is 7.11 Å². The van der Waals surface area contributed by atoms with Gasteiger partial charge in [0, 0.05) is 37.2 Å². The number of aromatic nitrogens is 2. The quantitative estimate of drug-likeness (QED) is 0.344. The largest absolute Gasteiger partial charge is 0.497 e. The van der Waals surface area contributed by atoms with Crippen LogP contribution in [0.15, 0.2) is 91.0 Å². The van der Waals surface area contributed by atoms with E-state index in [0.29, 0.717) is 19.5 Å². The zero-order valence-electron chi connectivity index (χ0n) is 19.0. The molecule has 2 heterocycles. The summed E-state index contributed by atoms with van der Waals surface area (Å²) in [6.45, 7) is 1.32. The molecule has 6 rings (SSSR count). The van der Waals surface area contributed by atoms with Crippen molar-refractivity contribution in [2.24, 2.45) is 0 Å². The first kappa shape index (κ1) is 20.5. The molecule has 5 heteroatoms. The normalized spacial score (nSPS) is 16.0. The van der Waals surface area contributed by atoms with Crippen molar-refractivity contribution < 1.29 is 9.53 Å². The molecular formula is C29H25N3O2. The van der Waals surface area contributed by atoms with Crippen LogP contribution < -0.4 is 9.64 Å². The van der Waals surface area contributed by atoms with E-state index in [4.69, 9.17) is 9.72 Å². The number of anilines is 1. The minimum Gasteiger partial charge on any atom is -0.497 e. The van der Waals surface area contributed by atoms with E-state index in [1.165, 1.54) is 16.3 Å². The molecule has 1 atom stereocenters. The number of carbonyl (C=O) groups is 1. The Morgan fingerprint density at radius 2 is 1.74 bits per heavy atom. The van der Waals surface area contributed by atoms with Crippen molar-refractivity contribution in [2.45, 2.75) is 18.9 Å². The third-order valence-corrected chi connectivity index (χ3v) is 6.69. The van der Waals surface area contributed by atoms with Crippen LogP contribution in [0.4, 0.5) is 5.69 Å². The lowest BCUT2D eigenvalue weighted by Gasteiger charge is -2.18. The number of imidazole rings is 1. The first-order chi connectivity index (χ1) is 16.7. The van der Waals surface area contributed by atoms with Crippen molar-refractivity contribution in [3.05, 3.63) is 102 Å². The van der Waals surface area contributed by atoms with Gasteiger partial charge < -0.3 is 14.2 Å². The topological polar surface area (TPSA) is 47.4 Å². The summed E-state index contributed by atoms with van der Waals surface area (Å²) in [6, 6.07) is 30.9. The summed E-state index contributed by atoms with van der Waals surface area (Å²) in [5.41, 5.74) is 4.14. The Bertz CT molecular complexity index is 1520. The van der Waals surface area contributed by atoms with Gasteiger partial charge in [0.2, 0.25) is 5.91 Å². The summed E-state index contributed by atoms with van der Waals surface area (Å²) in [7, 11) is 1.64. The van der Waals surface area contributed by atoms with Crippen LogP contribution in [-0.2, 0) is 11.3 Å².